The lowest BCUT2D eigenvalue weighted by molar-refractivity contribution is -0.151. The van der Waals surface area contributed by atoms with Crippen molar-refractivity contribution in [2.24, 2.45) is 0 Å². The third-order valence-corrected chi connectivity index (χ3v) is 4.73. The van der Waals surface area contributed by atoms with E-state index in [4.69, 9.17) is 20.8 Å². The standard InChI is InChI=1S/C29H34N2O6/c1-27(2,3)36-24(32)16-17-29(31-26(34)37-28(4,5)6,19-22-14-11-15-23(18-22)30-7)25(33)35-20-21-12-9-8-10-13-21/h8-18H,19-20H2,1-6H3,(H,31,34)/b17-16+. The molecule has 196 valence electrons. The van der Waals surface area contributed by atoms with Crippen molar-refractivity contribution < 1.29 is 28.6 Å². The highest BCUT2D eigenvalue weighted by Gasteiger charge is 2.41. The lowest BCUT2D eigenvalue weighted by Crippen LogP contribution is -2.56. The Morgan fingerprint density at radius 1 is 0.892 bits per heavy atom. The van der Waals surface area contributed by atoms with Gasteiger partial charge in [-0.1, -0.05) is 60.2 Å². The van der Waals surface area contributed by atoms with E-state index in [0.717, 1.165) is 11.6 Å². The number of nitrogens with zero attached hydrogens (tertiary/aromatic N) is 1. The van der Waals surface area contributed by atoms with Crippen LogP contribution >= 0.6 is 0 Å². The number of hydrogen-bond acceptors (Lipinski definition) is 6. The van der Waals surface area contributed by atoms with Gasteiger partial charge >= 0.3 is 18.0 Å². The predicted octanol–water partition coefficient (Wildman–Crippen LogP) is 5.68. The number of carbonyl (C=O) groups is 3. The zero-order chi connectivity index (χ0) is 27.7. The summed E-state index contributed by atoms with van der Waals surface area (Å²) in [6.07, 6.45) is 1.36. The molecule has 0 fully saturated rings. The molecular formula is C29H34N2O6. The first-order chi connectivity index (χ1) is 17.2. The molecule has 0 aliphatic carbocycles. The van der Waals surface area contributed by atoms with Crippen molar-refractivity contribution in [1.82, 2.24) is 5.32 Å². The fraction of sp³-hybridized carbons (Fsp3) is 0.379. The number of hydrogen-bond donors (Lipinski definition) is 1. The van der Waals surface area contributed by atoms with E-state index in [-0.39, 0.29) is 13.0 Å². The molecule has 0 aromatic heterocycles. The van der Waals surface area contributed by atoms with Gasteiger partial charge in [0.2, 0.25) is 0 Å². The summed E-state index contributed by atoms with van der Waals surface area (Å²) in [4.78, 5) is 42.5. The summed E-state index contributed by atoms with van der Waals surface area (Å²) in [6, 6.07) is 15.7. The van der Waals surface area contributed by atoms with Crippen LogP contribution in [0.1, 0.15) is 52.7 Å². The molecule has 0 spiro atoms. The molecular weight excluding hydrogens is 472 g/mol. The third kappa shape index (κ3) is 10.2. The minimum absolute atomic E-state index is 0.0558. The fourth-order valence-electron chi connectivity index (χ4n) is 3.28. The zero-order valence-electron chi connectivity index (χ0n) is 22.2. The van der Waals surface area contributed by atoms with Crippen LogP contribution in [0.25, 0.3) is 4.85 Å². The predicted molar refractivity (Wildman–Crippen MR) is 140 cm³/mol. The first kappa shape index (κ1) is 29.1. The Morgan fingerprint density at radius 3 is 2.11 bits per heavy atom. The van der Waals surface area contributed by atoms with E-state index in [0.29, 0.717) is 11.3 Å². The van der Waals surface area contributed by atoms with Crippen LogP contribution in [0, 0.1) is 6.57 Å². The van der Waals surface area contributed by atoms with Gasteiger partial charge in [0.25, 0.3) is 0 Å². The minimum atomic E-state index is -1.84. The number of amides is 1. The van der Waals surface area contributed by atoms with Crippen molar-refractivity contribution >= 4 is 23.7 Å². The zero-order valence-corrected chi connectivity index (χ0v) is 22.2. The fourth-order valence-corrected chi connectivity index (χ4v) is 3.28. The summed E-state index contributed by atoms with van der Waals surface area (Å²) in [6.45, 7) is 17.5. The number of nitrogens with one attached hydrogen (secondary N) is 1. The molecule has 2 aromatic rings. The highest BCUT2D eigenvalue weighted by Crippen LogP contribution is 2.24. The van der Waals surface area contributed by atoms with E-state index in [1.807, 2.05) is 18.2 Å². The van der Waals surface area contributed by atoms with Crippen molar-refractivity contribution in [2.75, 3.05) is 0 Å². The van der Waals surface area contributed by atoms with Crippen LogP contribution in [0.5, 0.6) is 0 Å². The van der Waals surface area contributed by atoms with Gasteiger partial charge in [-0.15, -0.1) is 0 Å². The highest BCUT2D eigenvalue weighted by molar-refractivity contribution is 5.91. The maximum absolute atomic E-state index is 13.6. The number of carbonyl (C=O) groups excluding carboxylic acids is 3. The SMILES string of the molecule is [C-]#[N+]c1cccc(CC(/C=C/C(=O)OC(C)(C)C)(NC(=O)OC(C)(C)C)C(=O)OCc2ccccc2)c1. The van der Waals surface area contributed by atoms with Gasteiger partial charge in [-0.25, -0.2) is 19.2 Å². The normalized spacial score (nSPS) is 13.2. The second-order valence-electron chi connectivity index (χ2n) is 10.5. The van der Waals surface area contributed by atoms with Gasteiger partial charge < -0.3 is 19.5 Å². The number of ether oxygens (including phenoxy) is 3. The second kappa shape index (κ2) is 12.2. The second-order valence-corrected chi connectivity index (χ2v) is 10.5. The Bertz CT molecular complexity index is 1170. The van der Waals surface area contributed by atoms with Gasteiger partial charge in [0.15, 0.2) is 11.2 Å². The topological polar surface area (TPSA) is 95.3 Å². The van der Waals surface area contributed by atoms with E-state index in [1.165, 1.54) is 6.08 Å². The maximum atomic E-state index is 13.6. The number of benzene rings is 2. The molecule has 1 amide bonds. The van der Waals surface area contributed by atoms with Crippen LogP contribution < -0.4 is 5.32 Å². The largest absolute Gasteiger partial charge is 0.459 e. The van der Waals surface area contributed by atoms with Crippen LogP contribution in [0.4, 0.5) is 10.5 Å². The number of alkyl carbamates (subject to hydrolysis) is 1. The van der Waals surface area contributed by atoms with Crippen molar-refractivity contribution in [3.05, 3.63) is 89.3 Å². The smallest absolute Gasteiger partial charge is 0.408 e. The monoisotopic (exact) mass is 506 g/mol. The van der Waals surface area contributed by atoms with Gasteiger partial charge in [0.1, 0.15) is 17.8 Å². The lowest BCUT2D eigenvalue weighted by atomic mass is 9.89. The summed E-state index contributed by atoms with van der Waals surface area (Å²) in [5.41, 5.74) is -1.78. The molecule has 8 heteroatoms. The van der Waals surface area contributed by atoms with Gasteiger partial charge in [0, 0.05) is 12.5 Å². The summed E-state index contributed by atoms with van der Waals surface area (Å²) in [7, 11) is 0. The number of esters is 2. The van der Waals surface area contributed by atoms with Crippen molar-refractivity contribution in [1.29, 1.82) is 0 Å². The molecule has 0 saturated carbocycles. The first-order valence-corrected chi connectivity index (χ1v) is 11.8. The Balaban J connectivity index is 2.52. The van der Waals surface area contributed by atoms with Crippen molar-refractivity contribution in [3.63, 3.8) is 0 Å². The van der Waals surface area contributed by atoms with Gasteiger partial charge in [-0.2, -0.15) is 0 Å². The van der Waals surface area contributed by atoms with Gasteiger partial charge in [0.05, 0.1) is 6.57 Å². The molecule has 0 saturated heterocycles. The first-order valence-electron chi connectivity index (χ1n) is 11.8. The lowest BCUT2D eigenvalue weighted by Gasteiger charge is -2.31. The van der Waals surface area contributed by atoms with Crippen LogP contribution in [0.3, 0.4) is 0 Å². The average Bonchev–Trinajstić information content (AvgIpc) is 2.79. The highest BCUT2D eigenvalue weighted by atomic mass is 16.6. The Labute approximate surface area is 218 Å². The molecule has 2 aromatic carbocycles. The molecule has 0 radical (unpaired) electrons. The molecule has 0 bridgehead atoms. The molecule has 1 atom stereocenters. The van der Waals surface area contributed by atoms with Crippen LogP contribution in [-0.2, 0) is 36.8 Å². The Morgan fingerprint density at radius 2 is 1.51 bits per heavy atom. The molecule has 1 N–H and O–H groups in total. The van der Waals surface area contributed by atoms with E-state index in [2.05, 4.69) is 10.2 Å². The summed E-state index contributed by atoms with van der Waals surface area (Å²) in [5.74, 6) is -1.51. The Hall–Kier alpha value is -4.12. The average molecular weight is 507 g/mol. The van der Waals surface area contributed by atoms with Crippen molar-refractivity contribution in [2.45, 2.75) is 71.3 Å². The molecule has 8 nitrogen and oxygen atoms in total. The van der Waals surface area contributed by atoms with Crippen LogP contribution in [-0.4, -0.2) is 34.8 Å². The number of rotatable bonds is 8. The molecule has 37 heavy (non-hydrogen) atoms. The molecule has 0 aliphatic rings. The Kier molecular flexibility index (Phi) is 9.61. The van der Waals surface area contributed by atoms with Gasteiger partial charge in [-0.05, 0) is 53.2 Å². The van der Waals surface area contributed by atoms with E-state index in [1.54, 1.807) is 77.9 Å². The quantitative estimate of drug-likeness (QED) is 0.214. The van der Waals surface area contributed by atoms with Crippen LogP contribution in [0.15, 0.2) is 66.7 Å². The maximum Gasteiger partial charge on any atom is 0.408 e. The minimum Gasteiger partial charge on any atom is -0.459 e. The van der Waals surface area contributed by atoms with Gasteiger partial charge in [-0.3, -0.25) is 0 Å². The molecule has 0 aliphatic heterocycles. The van der Waals surface area contributed by atoms with Crippen LogP contribution in [0.2, 0.25) is 0 Å². The molecule has 2 rings (SSSR count). The summed E-state index contributed by atoms with van der Waals surface area (Å²) >= 11 is 0. The molecule has 0 heterocycles. The molecule has 1 unspecified atom stereocenters. The van der Waals surface area contributed by atoms with E-state index >= 15 is 0 Å². The summed E-state index contributed by atoms with van der Waals surface area (Å²) in [5, 5.41) is 2.62. The summed E-state index contributed by atoms with van der Waals surface area (Å²) < 4.78 is 16.4. The van der Waals surface area contributed by atoms with E-state index in [9.17, 15) is 14.4 Å². The van der Waals surface area contributed by atoms with Crippen molar-refractivity contribution in [3.8, 4) is 0 Å². The third-order valence-electron chi connectivity index (χ3n) is 4.73. The van der Waals surface area contributed by atoms with E-state index < -0.39 is 34.8 Å².